The average molecular weight is 309 g/mol. The first-order valence-electron chi connectivity index (χ1n) is 8.30. The summed E-state index contributed by atoms with van der Waals surface area (Å²) >= 11 is 0. The molecule has 2 heteroatoms. The van der Waals surface area contributed by atoms with E-state index in [1.165, 1.54) is 11.1 Å². The van der Waals surface area contributed by atoms with Gasteiger partial charge in [0.05, 0.1) is 0 Å². The molecule has 2 rings (SSSR count). The predicted molar refractivity (Wildman–Crippen MR) is 98.6 cm³/mol. The molecule has 2 nitrogen and oxygen atoms in total. The van der Waals surface area contributed by atoms with E-state index in [0.29, 0.717) is 6.04 Å². The van der Waals surface area contributed by atoms with Gasteiger partial charge in [-0.2, -0.15) is 0 Å². The molecule has 0 amide bonds. The molecule has 1 atom stereocenters. The molecule has 23 heavy (non-hydrogen) atoms. The van der Waals surface area contributed by atoms with Crippen molar-refractivity contribution in [2.45, 2.75) is 52.7 Å². The topological polar surface area (TPSA) is 21.6 Å². The molecule has 0 aliphatic rings. The lowest BCUT2D eigenvalue weighted by Gasteiger charge is -2.28. The third kappa shape index (κ3) is 4.69. The van der Waals surface area contributed by atoms with Crippen LogP contribution in [0.3, 0.4) is 0 Å². The van der Waals surface area contributed by atoms with Crippen LogP contribution in [-0.2, 0) is 5.60 Å². The molecule has 0 radical (unpaired) electrons. The zero-order chi connectivity index (χ0) is 16.9. The molecule has 2 aromatic carbocycles. The van der Waals surface area contributed by atoms with Crippen molar-refractivity contribution >= 4 is 6.21 Å². The highest BCUT2D eigenvalue weighted by Crippen LogP contribution is 2.29. The minimum Gasteiger partial charge on any atom is -0.483 e. The second-order valence-corrected chi connectivity index (χ2v) is 6.53. The quantitative estimate of drug-likeness (QED) is 0.643. The molecule has 0 aliphatic carbocycles. The summed E-state index contributed by atoms with van der Waals surface area (Å²) in [5, 5.41) is 0. The molecule has 0 saturated carbocycles. The number of rotatable bonds is 6. The third-order valence-corrected chi connectivity index (χ3v) is 4.12. The molecule has 122 valence electrons. The number of hydrogen-bond donors (Lipinski definition) is 0. The molecule has 0 saturated heterocycles. The zero-order valence-corrected chi connectivity index (χ0v) is 14.8. The Balaban J connectivity index is 2.11. The molecule has 0 fully saturated rings. The molecular formula is C21H27NO. The number of ether oxygens (including phenoxy) is 1. The van der Waals surface area contributed by atoms with E-state index in [-0.39, 0.29) is 5.60 Å². The maximum absolute atomic E-state index is 6.23. The van der Waals surface area contributed by atoms with Crippen molar-refractivity contribution in [1.29, 1.82) is 0 Å². The standard InChI is InChI=1S/C21H27NO/c1-6-17(3)22-15-18-11-13-19(14-12-18)23-21(4,5)20-10-8-7-9-16(20)2/h7-15,17H,6H2,1-5H3. The van der Waals surface area contributed by atoms with Gasteiger partial charge in [0, 0.05) is 12.3 Å². The van der Waals surface area contributed by atoms with Crippen LogP contribution in [0.15, 0.2) is 53.5 Å². The summed E-state index contributed by atoms with van der Waals surface area (Å²) in [6.07, 6.45) is 2.99. The Morgan fingerprint density at radius 2 is 1.74 bits per heavy atom. The maximum Gasteiger partial charge on any atom is 0.129 e. The summed E-state index contributed by atoms with van der Waals surface area (Å²) in [4.78, 5) is 4.51. The molecule has 1 unspecified atom stereocenters. The average Bonchev–Trinajstić information content (AvgIpc) is 2.53. The van der Waals surface area contributed by atoms with Crippen molar-refractivity contribution in [1.82, 2.24) is 0 Å². The van der Waals surface area contributed by atoms with Crippen molar-refractivity contribution in [3.63, 3.8) is 0 Å². The Morgan fingerprint density at radius 3 is 2.35 bits per heavy atom. The third-order valence-electron chi connectivity index (χ3n) is 4.12. The first-order valence-corrected chi connectivity index (χ1v) is 8.30. The first kappa shape index (κ1) is 17.3. The second-order valence-electron chi connectivity index (χ2n) is 6.53. The molecule has 0 spiro atoms. The van der Waals surface area contributed by atoms with Gasteiger partial charge < -0.3 is 4.74 Å². The van der Waals surface area contributed by atoms with Gasteiger partial charge in [0.15, 0.2) is 0 Å². The molecular weight excluding hydrogens is 282 g/mol. The fourth-order valence-corrected chi connectivity index (χ4v) is 2.54. The number of hydrogen-bond acceptors (Lipinski definition) is 2. The summed E-state index contributed by atoms with van der Waals surface area (Å²) in [5.41, 5.74) is 3.20. The highest BCUT2D eigenvalue weighted by atomic mass is 16.5. The molecule has 2 aromatic rings. The highest BCUT2D eigenvalue weighted by Gasteiger charge is 2.24. The lowest BCUT2D eigenvalue weighted by Crippen LogP contribution is -2.26. The van der Waals surface area contributed by atoms with Crippen LogP contribution in [0.5, 0.6) is 5.75 Å². The summed E-state index contributed by atoms with van der Waals surface area (Å²) < 4.78 is 6.23. The van der Waals surface area contributed by atoms with Crippen LogP contribution in [0.25, 0.3) is 0 Å². The van der Waals surface area contributed by atoms with Crippen LogP contribution in [0.2, 0.25) is 0 Å². The van der Waals surface area contributed by atoms with E-state index in [2.05, 4.69) is 76.0 Å². The van der Waals surface area contributed by atoms with Crippen LogP contribution in [0.4, 0.5) is 0 Å². The monoisotopic (exact) mass is 309 g/mol. The Labute approximate surface area is 140 Å². The van der Waals surface area contributed by atoms with Crippen LogP contribution in [0, 0.1) is 6.92 Å². The number of aliphatic imine (C=N–C) groups is 1. The van der Waals surface area contributed by atoms with E-state index in [1.54, 1.807) is 0 Å². The Kier molecular flexibility index (Phi) is 5.59. The Hall–Kier alpha value is -2.09. The normalized spacial score (nSPS) is 13.3. The fraction of sp³-hybridized carbons (Fsp3) is 0.381. The van der Waals surface area contributed by atoms with Crippen LogP contribution in [0.1, 0.15) is 50.8 Å². The van der Waals surface area contributed by atoms with E-state index in [1.807, 2.05) is 18.3 Å². The Morgan fingerprint density at radius 1 is 1.09 bits per heavy atom. The number of aryl methyl sites for hydroxylation is 1. The highest BCUT2D eigenvalue weighted by molar-refractivity contribution is 5.79. The number of nitrogens with zero attached hydrogens (tertiary/aromatic N) is 1. The van der Waals surface area contributed by atoms with Gasteiger partial charge in [-0.05, 0) is 75.1 Å². The summed E-state index contributed by atoms with van der Waals surface area (Å²) in [5.74, 6) is 0.874. The molecule has 0 bridgehead atoms. The van der Waals surface area contributed by atoms with Crippen molar-refractivity contribution in [2.75, 3.05) is 0 Å². The van der Waals surface area contributed by atoms with Crippen molar-refractivity contribution < 1.29 is 4.74 Å². The smallest absolute Gasteiger partial charge is 0.129 e. The van der Waals surface area contributed by atoms with E-state index in [4.69, 9.17) is 4.74 Å². The summed E-state index contributed by atoms with van der Waals surface area (Å²) in [6.45, 7) is 10.6. The lowest BCUT2D eigenvalue weighted by atomic mass is 9.93. The van der Waals surface area contributed by atoms with Gasteiger partial charge in [0.1, 0.15) is 11.4 Å². The fourth-order valence-electron chi connectivity index (χ4n) is 2.54. The largest absolute Gasteiger partial charge is 0.483 e. The maximum atomic E-state index is 6.23. The van der Waals surface area contributed by atoms with E-state index >= 15 is 0 Å². The predicted octanol–water partition coefficient (Wildman–Crippen LogP) is 5.53. The lowest BCUT2D eigenvalue weighted by molar-refractivity contribution is 0.108. The van der Waals surface area contributed by atoms with Gasteiger partial charge in [0.2, 0.25) is 0 Å². The van der Waals surface area contributed by atoms with Gasteiger partial charge in [-0.3, -0.25) is 4.99 Å². The van der Waals surface area contributed by atoms with Crippen molar-refractivity contribution in [3.8, 4) is 5.75 Å². The molecule has 0 aliphatic heterocycles. The van der Waals surface area contributed by atoms with Crippen molar-refractivity contribution in [3.05, 3.63) is 65.2 Å². The van der Waals surface area contributed by atoms with Gasteiger partial charge >= 0.3 is 0 Å². The second kappa shape index (κ2) is 7.45. The first-order chi connectivity index (χ1) is 10.9. The summed E-state index contributed by atoms with van der Waals surface area (Å²) in [6, 6.07) is 16.9. The van der Waals surface area contributed by atoms with Crippen LogP contribution in [-0.4, -0.2) is 12.3 Å². The zero-order valence-electron chi connectivity index (χ0n) is 14.8. The van der Waals surface area contributed by atoms with Crippen LogP contribution >= 0.6 is 0 Å². The van der Waals surface area contributed by atoms with Gasteiger partial charge in [0.25, 0.3) is 0 Å². The molecule has 0 N–H and O–H groups in total. The molecule has 0 heterocycles. The minimum atomic E-state index is -0.363. The summed E-state index contributed by atoms with van der Waals surface area (Å²) in [7, 11) is 0. The van der Waals surface area contributed by atoms with E-state index in [9.17, 15) is 0 Å². The number of benzene rings is 2. The SMILES string of the molecule is CCC(C)N=Cc1ccc(OC(C)(C)c2ccccc2C)cc1. The van der Waals surface area contributed by atoms with Gasteiger partial charge in [-0.25, -0.2) is 0 Å². The van der Waals surface area contributed by atoms with E-state index < -0.39 is 0 Å². The Bertz CT molecular complexity index is 656. The minimum absolute atomic E-state index is 0.363. The van der Waals surface area contributed by atoms with E-state index in [0.717, 1.165) is 17.7 Å². The van der Waals surface area contributed by atoms with Crippen LogP contribution < -0.4 is 4.74 Å². The van der Waals surface area contributed by atoms with Crippen molar-refractivity contribution in [2.24, 2.45) is 4.99 Å². The van der Waals surface area contributed by atoms with Gasteiger partial charge in [-0.15, -0.1) is 0 Å². The molecule has 0 aromatic heterocycles. The van der Waals surface area contributed by atoms with Gasteiger partial charge in [-0.1, -0.05) is 31.2 Å².